The largest absolute Gasteiger partial charge is 0.310 e. The standard InChI is InChI=1S/C16H26N2O2S/c1-4-15(17-5-2)13-7-6-8-14(11-13)21(19,20)18-12-16(3)9-10-16/h6-8,11,15,17-18H,4-5,9-10,12H2,1-3H3. The molecule has 1 saturated carbocycles. The molecule has 2 N–H and O–H groups in total. The summed E-state index contributed by atoms with van der Waals surface area (Å²) in [5, 5.41) is 3.38. The van der Waals surface area contributed by atoms with Gasteiger partial charge in [0.1, 0.15) is 0 Å². The van der Waals surface area contributed by atoms with Crippen molar-refractivity contribution in [2.24, 2.45) is 5.41 Å². The summed E-state index contributed by atoms with van der Waals surface area (Å²) in [6, 6.07) is 7.46. The number of sulfonamides is 1. The maximum atomic E-state index is 12.4. The summed E-state index contributed by atoms with van der Waals surface area (Å²) in [7, 11) is -3.41. The Bertz CT molecular complexity index is 580. The molecule has 2 rings (SSSR count). The van der Waals surface area contributed by atoms with Crippen LogP contribution in [0.2, 0.25) is 0 Å². The van der Waals surface area contributed by atoms with E-state index in [2.05, 4.69) is 30.8 Å². The van der Waals surface area contributed by atoms with Gasteiger partial charge in [-0.15, -0.1) is 0 Å². The van der Waals surface area contributed by atoms with Crippen molar-refractivity contribution in [2.45, 2.75) is 51.0 Å². The van der Waals surface area contributed by atoms with Crippen LogP contribution in [-0.2, 0) is 10.0 Å². The minimum absolute atomic E-state index is 0.167. The van der Waals surface area contributed by atoms with Crippen LogP contribution in [0.25, 0.3) is 0 Å². The Balaban J connectivity index is 2.15. The lowest BCUT2D eigenvalue weighted by atomic mass is 10.0. The Labute approximate surface area is 128 Å². The summed E-state index contributed by atoms with van der Waals surface area (Å²) in [5.74, 6) is 0. The molecule has 0 bridgehead atoms. The van der Waals surface area contributed by atoms with Crippen molar-refractivity contribution < 1.29 is 8.42 Å². The van der Waals surface area contributed by atoms with Gasteiger partial charge in [0.25, 0.3) is 0 Å². The van der Waals surface area contributed by atoms with E-state index in [1.54, 1.807) is 12.1 Å². The molecule has 21 heavy (non-hydrogen) atoms. The van der Waals surface area contributed by atoms with Crippen LogP contribution in [0.1, 0.15) is 51.6 Å². The van der Waals surface area contributed by atoms with Crippen LogP contribution in [0.15, 0.2) is 29.2 Å². The molecule has 1 unspecified atom stereocenters. The van der Waals surface area contributed by atoms with Gasteiger partial charge in [0.05, 0.1) is 4.90 Å². The van der Waals surface area contributed by atoms with Crippen molar-refractivity contribution in [3.05, 3.63) is 29.8 Å². The van der Waals surface area contributed by atoms with E-state index in [9.17, 15) is 8.42 Å². The zero-order chi connectivity index (χ0) is 15.5. The molecule has 0 aromatic heterocycles. The van der Waals surface area contributed by atoms with Crippen molar-refractivity contribution in [1.82, 2.24) is 10.0 Å². The highest BCUT2D eigenvalue weighted by Gasteiger charge is 2.38. The molecule has 0 aliphatic heterocycles. The monoisotopic (exact) mass is 310 g/mol. The van der Waals surface area contributed by atoms with E-state index in [4.69, 9.17) is 0 Å². The van der Waals surface area contributed by atoms with Crippen LogP contribution in [0.3, 0.4) is 0 Å². The fourth-order valence-corrected chi connectivity index (χ4v) is 3.64. The summed E-state index contributed by atoms with van der Waals surface area (Å²) in [6.07, 6.45) is 3.14. The second-order valence-corrected chi connectivity index (χ2v) is 7.99. The van der Waals surface area contributed by atoms with E-state index in [1.807, 2.05) is 12.1 Å². The van der Waals surface area contributed by atoms with Crippen molar-refractivity contribution in [1.29, 1.82) is 0 Å². The molecular formula is C16H26N2O2S. The minimum atomic E-state index is -3.41. The topological polar surface area (TPSA) is 58.2 Å². The van der Waals surface area contributed by atoms with Gasteiger partial charge in [-0.3, -0.25) is 0 Å². The van der Waals surface area contributed by atoms with Crippen molar-refractivity contribution in [3.8, 4) is 0 Å². The molecule has 0 saturated heterocycles. The van der Waals surface area contributed by atoms with E-state index >= 15 is 0 Å². The van der Waals surface area contributed by atoms with Gasteiger partial charge in [-0.05, 0) is 48.9 Å². The second kappa shape index (κ2) is 6.46. The quantitative estimate of drug-likeness (QED) is 0.776. The summed E-state index contributed by atoms with van der Waals surface area (Å²) in [5.41, 5.74) is 1.19. The molecule has 0 amide bonds. The van der Waals surface area contributed by atoms with E-state index in [0.717, 1.165) is 31.4 Å². The fourth-order valence-electron chi connectivity index (χ4n) is 2.39. The molecular weight excluding hydrogens is 284 g/mol. The van der Waals surface area contributed by atoms with E-state index in [-0.39, 0.29) is 11.5 Å². The molecule has 4 nitrogen and oxygen atoms in total. The van der Waals surface area contributed by atoms with Gasteiger partial charge >= 0.3 is 0 Å². The Hall–Kier alpha value is -0.910. The molecule has 1 aliphatic rings. The Kier molecular flexibility index (Phi) is 5.07. The number of nitrogens with one attached hydrogen (secondary N) is 2. The summed E-state index contributed by atoms with van der Waals surface area (Å²) < 4.78 is 27.5. The third kappa shape index (κ3) is 4.28. The highest BCUT2D eigenvalue weighted by molar-refractivity contribution is 7.89. The van der Waals surface area contributed by atoms with E-state index < -0.39 is 10.0 Å². The van der Waals surface area contributed by atoms with Crippen LogP contribution in [0.5, 0.6) is 0 Å². The lowest BCUT2D eigenvalue weighted by molar-refractivity contribution is 0.527. The lowest BCUT2D eigenvalue weighted by Crippen LogP contribution is -2.29. The third-order valence-electron chi connectivity index (χ3n) is 4.22. The zero-order valence-electron chi connectivity index (χ0n) is 13.1. The molecule has 1 atom stereocenters. The zero-order valence-corrected chi connectivity index (χ0v) is 14.0. The number of hydrogen-bond donors (Lipinski definition) is 2. The summed E-state index contributed by atoms with van der Waals surface area (Å²) in [4.78, 5) is 0.362. The average Bonchev–Trinajstić information content (AvgIpc) is 3.21. The first-order chi connectivity index (χ1) is 9.90. The lowest BCUT2D eigenvalue weighted by Gasteiger charge is -2.17. The highest BCUT2D eigenvalue weighted by atomic mass is 32.2. The van der Waals surface area contributed by atoms with Crippen molar-refractivity contribution in [3.63, 3.8) is 0 Å². The molecule has 118 valence electrons. The molecule has 1 aromatic rings. The summed E-state index contributed by atoms with van der Waals surface area (Å²) in [6.45, 7) is 7.67. The maximum absolute atomic E-state index is 12.4. The van der Waals surface area contributed by atoms with Gasteiger partial charge in [-0.2, -0.15) is 0 Å². The predicted molar refractivity (Wildman–Crippen MR) is 85.7 cm³/mol. The van der Waals surface area contributed by atoms with Gasteiger partial charge in [0.2, 0.25) is 10.0 Å². The Morgan fingerprint density at radius 1 is 1.29 bits per heavy atom. The highest BCUT2D eigenvalue weighted by Crippen LogP contribution is 2.44. The predicted octanol–water partition coefficient (Wildman–Crippen LogP) is 2.83. The minimum Gasteiger partial charge on any atom is -0.310 e. The molecule has 1 aliphatic carbocycles. The first-order valence-electron chi connectivity index (χ1n) is 7.73. The van der Waals surface area contributed by atoms with Crippen molar-refractivity contribution in [2.75, 3.05) is 13.1 Å². The van der Waals surface area contributed by atoms with Crippen LogP contribution in [-0.4, -0.2) is 21.5 Å². The fraction of sp³-hybridized carbons (Fsp3) is 0.625. The smallest absolute Gasteiger partial charge is 0.240 e. The Morgan fingerprint density at radius 3 is 2.57 bits per heavy atom. The van der Waals surface area contributed by atoms with E-state index in [1.165, 1.54) is 0 Å². The van der Waals surface area contributed by atoms with Gasteiger partial charge in [-0.25, -0.2) is 13.1 Å². The van der Waals surface area contributed by atoms with Gasteiger partial charge in [-0.1, -0.05) is 32.9 Å². The molecule has 1 fully saturated rings. The van der Waals surface area contributed by atoms with Gasteiger partial charge < -0.3 is 5.32 Å². The molecule has 0 radical (unpaired) electrons. The SMILES string of the molecule is CCNC(CC)c1cccc(S(=O)(=O)NCC2(C)CC2)c1. The number of rotatable bonds is 8. The number of benzene rings is 1. The summed E-state index contributed by atoms with van der Waals surface area (Å²) >= 11 is 0. The molecule has 5 heteroatoms. The maximum Gasteiger partial charge on any atom is 0.240 e. The normalized spacial score (nSPS) is 18.4. The number of hydrogen-bond acceptors (Lipinski definition) is 3. The molecule has 0 spiro atoms. The first kappa shape index (κ1) is 16.5. The average molecular weight is 310 g/mol. The van der Waals surface area contributed by atoms with Crippen LogP contribution in [0, 0.1) is 5.41 Å². The molecule has 1 aromatic carbocycles. The van der Waals surface area contributed by atoms with E-state index in [0.29, 0.717) is 11.4 Å². The van der Waals surface area contributed by atoms with Gasteiger partial charge in [0.15, 0.2) is 0 Å². The van der Waals surface area contributed by atoms with Gasteiger partial charge in [0, 0.05) is 12.6 Å². The second-order valence-electron chi connectivity index (χ2n) is 6.23. The third-order valence-corrected chi connectivity index (χ3v) is 5.62. The van der Waals surface area contributed by atoms with Crippen molar-refractivity contribution >= 4 is 10.0 Å². The molecule has 0 heterocycles. The Morgan fingerprint density at radius 2 is 2.00 bits per heavy atom. The van der Waals surface area contributed by atoms with Crippen LogP contribution in [0.4, 0.5) is 0 Å². The first-order valence-corrected chi connectivity index (χ1v) is 9.21. The van der Waals surface area contributed by atoms with Crippen LogP contribution >= 0.6 is 0 Å². The van der Waals surface area contributed by atoms with Crippen LogP contribution < -0.4 is 10.0 Å².